The van der Waals surface area contributed by atoms with Crippen LogP contribution in [0.2, 0.25) is 0 Å². The summed E-state index contributed by atoms with van der Waals surface area (Å²) in [5.74, 6) is 1.07. The summed E-state index contributed by atoms with van der Waals surface area (Å²) in [5, 5.41) is 1.19. The summed E-state index contributed by atoms with van der Waals surface area (Å²) in [5.41, 5.74) is 3.37. The molecule has 1 aliphatic rings. The fourth-order valence-electron chi connectivity index (χ4n) is 3.40. The van der Waals surface area contributed by atoms with E-state index in [1.165, 1.54) is 15.6 Å². The average molecular weight is 327 g/mol. The Hall–Kier alpha value is -1.79. The van der Waals surface area contributed by atoms with Gasteiger partial charge >= 0.3 is 0 Å². The Kier molecular flexibility index (Phi) is 3.66. The Balaban J connectivity index is 1.84. The molecule has 0 atom stereocenters. The molecule has 1 fully saturated rings. The zero-order valence-corrected chi connectivity index (χ0v) is 14.7. The number of aryl methyl sites for hydroxylation is 2. The number of piperazine rings is 1. The Morgan fingerprint density at radius 3 is 2.65 bits per heavy atom. The number of rotatable bonds is 2. The topological polar surface area (TPSA) is 45.2 Å². The second-order valence-corrected chi connectivity index (χ2v) is 7.16. The average Bonchev–Trinajstić information content (AvgIpc) is 2.93. The van der Waals surface area contributed by atoms with Gasteiger partial charge in [0, 0.05) is 37.3 Å². The molecular formula is C17H21N5S. The number of hydrogen-bond donors (Lipinski definition) is 0. The number of nitrogens with zero attached hydrogens (tertiary/aromatic N) is 5. The highest BCUT2D eigenvalue weighted by Gasteiger charge is 2.21. The van der Waals surface area contributed by atoms with Crippen molar-refractivity contribution in [3.05, 3.63) is 23.7 Å². The van der Waals surface area contributed by atoms with Gasteiger partial charge < -0.3 is 9.80 Å². The molecule has 1 aliphatic heterocycles. The lowest BCUT2D eigenvalue weighted by Gasteiger charge is -2.34. The first-order chi connectivity index (χ1) is 11.2. The largest absolute Gasteiger partial charge is 0.353 e. The van der Waals surface area contributed by atoms with Gasteiger partial charge in [-0.1, -0.05) is 6.92 Å². The van der Waals surface area contributed by atoms with Crippen LogP contribution in [0.5, 0.6) is 0 Å². The molecule has 120 valence electrons. The van der Waals surface area contributed by atoms with Crippen LogP contribution in [0.4, 0.5) is 5.82 Å². The summed E-state index contributed by atoms with van der Waals surface area (Å²) in [4.78, 5) is 19.8. The summed E-state index contributed by atoms with van der Waals surface area (Å²) in [6, 6.07) is 2.14. The van der Waals surface area contributed by atoms with Gasteiger partial charge in [0.2, 0.25) is 0 Å². The molecule has 4 rings (SSSR count). The summed E-state index contributed by atoms with van der Waals surface area (Å²) >= 11 is 1.73. The van der Waals surface area contributed by atoms with E-state index in [9.17, 15) is 0 Å². The van der Waals surface area contributed by atoms with Crippen LogP contribution >= 0.6 is 11.3 Å². The molecule has 3 aromatic rings. The van der Waals surface area contributed by atoms with Crippen LogP contribution in [-0.4, -0.2) is 52.6 Å². The minimum absolute atomic E-state index is 1.03. The molecule has 1 saturated heterocycles. The standard InChI is InChI=1S/C17H21N5S/c1-4-21-5-7-22(8-6-21)16-15-14(18-10-19-16)13-11(2)9-12(3)20-17(13)23-15/h9-10H,4-8H2,1-3H3. The molecule has 0 amide bonds. The van der Waals surface area contributed by atoms with E-state index in [2.05, 4.69) is 39.7 Å². The van der Waals surface area contributed by atoms with Crippen LogP contribution in [-0.2, 0) is 0 Å². The van der Waals surface area contributed by atoms with Crippen LogP contribution in [0.15, 0.2) is 12.4 Å². The molecule has 23 heavy (non-hydrogen) atoms. The SMILES string of the molecule is CCN1CCN(c2ncnc3c2sc2nc(C)cc(C)c23)CC1. The highest BCUT2D eigenvalue weighted by atomic mass is 32.1. The number of fused-ring (bicyclic) bond motifs is 3. The predicted molar refractivity (Wildman–Crippen MR) is 96.5 cm³/mol. The fraction of sp³-hybridized carbons (Fsp3) is 0.471. The quantitative estimate of drug-likeness (QED) is 0.724. The first-order valence-corrected chi connectivity index (χ1v) is 8.97. The highest BCUT2D eigenvalue weighted by molar-refractivity contribution is 7.26. The highest BCUT2D eigenvalue weighted by Crippen LogP contribution is 2.38. The number of thiophene rings is 1. The Bertz CT molecular complexity index is 864. The van der Waals surface area contributed by atoms with Crippen molar-refractivity contribution >= 4 is 37.6 Å². The van der Waals surface area contributed by atoms with Crippen LogP contribution in [0, 0.1) is 13.8 Å². The van der Waals surface area contributed by atoms with Crippen molar-refractivity contribution in [2.45, 2.75) is 20.8 Å². The third kappa shape index (κ3) is 2.46. The van der Waals surface area contributed by atoms with Crippen LogP contribution < -0.4 is 4.90 Å². The van der Waals surface area contributed by atoms with Crippen molar-refractivity contribution in [3.63, 3.8) is 0 Å². The van der Waals surface area contributed by atoms with Gasteiger partial charge in [0.15, 0.2) is 0 Å². The molecule has 3 aromatic heterocycles. The second kappa shape index (κ2) is 5.69. The molecule has 0 N–H and O–H groups in total. The van der Waals surface area contributed by atoms with E-state index in [-0.39, 0.29) is 0 Å². The van der Waals surface area contributed by atoms with Crippen LogP contribution in [0.1, 0.15) is 18.2 Å². The van der Waals surface area contributed by atoms with Gasteiger partial charge in [0.25, 0.3) is 0 Å². The minimum atomic E-state index is 1.03. The molecule has 0 unspecified atom stereocenters. The summed E-state index contributed by atoms with van der Waals surface area (Å²) < 4.78 is 1.17. The van der Waals surface area contributed by atoms with Crippen molar-refractivity contribution in [2.24, 2.45) is 0 Å². The number of likely N-dealkylation sites (N-methyl/N-ethyl adjacent to an activating group) is 1. The van der Waals surface area contributed by atoms with E-state index in [1.807, 2.05) is 6.92 Å². The summed E-state index contributed by atoms with van der Waals surface area (Å²) in [6.07, 6.45) is 1.70. The van der Waals surface area contributed by atoms with Crippen molar-refractivity contribution in [3.8, 4) is 0 Å². The van der Waals surface area contributed by atoms with Crippen molar-refractivity contribution in [1.82, 2.24) is 19.9 Å². The van der Waals surface area contributed by atoms with Gasteiger partial charge in [-0.25, -0.2) is 15.0 Å². The van der Waals surface area contributed by atoms with Crippen molar-refractivity contribution in [2.75, 3.05) is 37.6 Å². The number of anilines is 1. The molecule has 0 bridgehead atoms. The van der Waals surface area contributed by atoms with Crippen LogP contribution in [0.3, 0.4) is 0 Å². The Morgan fingerprint density at radius 1 is 1.13 bits per heavy atom. The molecular weight excluding hydrogens is 306 g/mol. The maximum absolute atomic E-state index is 4.71. The van der Waals surface area contributed by atoms with E-state index < -0.39 is 0 Å². The lowest BCUT2D eigenvalue weighted by Crippen LogP contribution is -2.46. The molecule has 5 nitrogen and oxygen atoms in total. The van der Waals surface area contributed by atoms with E-state index in [0.29, 0.717) is 0 Å². The normalized spacial score (nSPS) is 16.6. The molecule has 4 heterocycles. The lowest BCUT2D eigenvalue weighted by molar-refractivity contribution is 0.271. The third-order valence-electron chi connectivity index (χ3n) is 4.65. The number of hydrogen-bond acceptors (Lipinski definition) is 6. The number of pyridine rings is 1. The van der Waals surface area contributed by atoms with Crippen molar-refractivity contribution < 1.29 is 0 Å². The van der Waals surface area contributed by atoms with Gasteiger partial charge in [0.1, 0.15) is 17.0 Å². The Morgan fingerprint density at radius 2 is 1.91 bits per heavy atom. The molecule has 0 spiro atoms. The van der Waals surface area contributed by atoms with E-state index in [0.717, 1.165) is 54.6 Å². The van der Waals surface area contributed by atoms with E-state index in [1.54, 1.807) is 17.7 Å². The summed E-state index contributed by atoms with van der Waals surface area (Å²) in [7, 11) is 0. The van der Waals surface area contributed by atoms with Gasteiger partial charge in [-0.3, -0.25) is 0 Å². The monoisotopic (exact) mass is 327 g/mol. The maximum Gasteiger partial charge on any atom is 0.150 e. The lowest BCUT2D eigenvalue weighted by atomic mass is 10.1. The van der Waals surface area contributed by atoms with E-state index >= 15 is 0 Å². The van der Waals surface area contributed by atoms with Gasteiger partial charge in [0.05, 0.1) is 10.2 Å². The Labute approximate surface area is 140 Å². The molecule has 0 aliphatic carbocycles. The summed E-state index contributed by atoms with van der Waals surface area (Å²) in [6.45, 7) is 11.8. The minimum Gasteiger partial charge on any atom is -0.353 e. The first kappa shape index (κ1) is 14.8. The van der Waals surface area contributed by atoms with Crippen LogP contribution in [0.25, 0.3) is 20.4 Å². The maximum atomic E-state index is 4.71. The third-order valence-corrected chi connectivity index (χ3v) is 5.72. The molecule has 0 aromatic carbocycles. The zero-order chi connectivity index (χ0) is 16.0. The number of aromatic nitrogens is 3. The van der Waals surface area contributed by atoms with Gasteiger partial charge in [-0.05, 0) is 32.0 Å². The fourth-order valence-corrected chi connectivity index (χ4v) is 4.67. The molecule has 0 saturated carbocycles. The van der Waals surface area contributed by atoms with Crippen molar-refractivity contribution in [1.29, 1.82) is 0 Å². The second-order valence-electron chi connectivity index (χ2n) is 6.16. The molecule has 0 radical (unpaired) electrons. The van der Waals surface area contributed by atoms with Gasteiger partial charge in [-0.2, -0.15) is 0 Å². The first-order valence-electron chi connectivity index (χ1n) is 8.16. The van der Waals surface area contributed by atoms with Gasteiger partial charge in [-0.15, -0.1) is 11.3 Å². The van der Waals surface area contributed by atoms with E-state index in [4.69, 9.17) is 4.98 Å². The molecule has 6 heteroatoms. The predicted octanol–water partition coefficient (Wildman–Crippen LogP) is 3.00. The zero-order valence-electron chi connectivity index (χ0n) is 13.8. The smallest absolute Gasteiger partial charge is 0.150 e.